The first kappa shape index (κ1) is 28.6. The van der Waals surface area contributed by atoms with Crippen molar-refractivity contribution in [3.8, 4) is 0 Å². The molecule has 204 valence electrons. The van der Waals surface area contributed by atoms with Gasteiger partial charge < -0.3 is 10.6 Å². The Labute approximate surface area is 239 Å². The number of aliphatic imine (C=N–C) groups is 2. The zero-order valence-electron chi connectivity index (χ0n) is 24.4. The zero-order valence-corrected chi connectivity index (χ0v) is 24.4. The minimum Gasteiger partial charge on any atom is -0.356 e. The van der Waals surface area contributed by atoms with Crippen molar-refractivity contribution in [1.82, 2.24) is 0 Å². The first-order valence-electron chi connectivity index (χ1n) is 14.0. The van der Waals surface area contributed by atoms with Crippen LogP contribution in [-0.2, 0) is 12.8 Å². The van der Waals surface area contributed by atoms with Crippen LogP contribution in [0.1, 0.15) is 62.4 Å². The van der Waals surface area contributed by atoms with Crippen molar-refractivity contribution in [1.29, 1.82) is 0 Å². The standard InChI is InChI=1S/C36H40N4/c1-8-27-14-19-33(23-28(27)9-2)39-36(35-25(6)20-21-37-35)40-34(10-3)31-13-11-12-30(22-31)26(7)38-32-17-15-29(16-18-32)24(4)5/h10-23,25,38H,4,7-9H2,1-3,5-6H3,(H,39,40)/b34-10-. The van der Waals surface area contributed by atoms with Crippen molar-refractivity contribution in [2.75, 3.05) is 10.6 Å². The molecule has 1 unspecified atom stereocenters. The van der Waals surface area contributed by atoms with E-state index in [4.69, 9.17) is 4.99 Å². The Morgan fingerprint density at radius 2 is 1.57 bits per heavy atom. The topological polar surface area (TPSA) is 48.8 Å². The molecule has 0 amide bonds. The fourth-order valence-electron chi connectivity index (χ4n) is 4.77. The Morgan fingerprint density at radius 3 is 2.20 bits per heavy atom. The molecule has 4 nitrogen and oxygen atoms in total. The smallest absolute Gasteiger partial charge is 0.153 e. The van der Waals surface area contributed by atoms with Crippen LogP contribution in [0.3, 0.4) is 0 Å². The van der Waals surface area contributed by atoms with Gasteiger partial charge in [0.1, 0.15) is 0 Å². The summed E-state index contributed by atoms with van der Waals surface area (Å²) in [5, 5.41) is 7.03. The molecule has 0 aromatic heterocycles. The predicted molar refractivity (Wildman–Crippen MR) is 176 cm³/mol. The number of amidine groups is 1. The first-order valence-corrected chi connectivity index (χ1v) is 14.0. The fourth-order valence-corrected chi connectivity index (χ4v) is 4.77. The number of anilines is 2. The maximum Gasteiger partial charge on any atom is 0.153 e. The van der Waals surface area contributed by atoms with E-state index < -0.39 is 0 Å². The predicted octanol–water partition coefficient (Wildman–Crippen LogP) is 9.40. The molecule has 0 fully saturated rings. The molecular formula is C36H40N4. The third-order valence-corrected chi connectivity index (χ3v) is 7.18. The Morgan fingerprint density at radius 1 is 0.875 bits per heavy atom. The van der Waals surface area contributed by atoms with E-state index in [1.54, 1.807) is 0 Å². The van der Waals surface area contributed by atoms with Gasteiger partial charge in [-0.1, -0.05) is 88.1 Å². The summed E-state index contributed by atoms with van der Waals surface area (Å²) in [5.74, 6) is 0.938. The number of allylic oxidation sites excluding steroid dienone is 3. The summed E-state index contributed by atoms with van der Waals surface area (Å²) >= 11 is 0. The lowest BCUT2D eigenvalue weighted by molar-refractivity contribution is 1.03. The van der Waals surface area contributed by atoms with Crippen molar-refractivity contribution in [2.24, 2.45) is 15.9 Å². The quantitative estimate of drug-likeness (QED) is 0.203. The number of hydrogen-bond acceptors (Lipinski definition) is 3. The van der Waals surface area contributed by atoms with Gasteiger partial charge >= 0.3 is 0 Å². The van der Waals surface area contributed by atoms with Crippen molar-refractivity contribution < 1.29 is 0 Å². The Hall–Kier alpha value is -4.44. The molecule has 4 heteroatoms. The minimum absolute atomic E-state index is 0.177. The molecule has 3 aromatic rings. The lowest BCUT2D eigenvalue weighted by Crippen LogP contribution is -2.26. The molecule has 0 aliphatic carbocycles. The normalized spacial score (nSPS) is 15.1. The summed E-state index contributed by atoms with van der Waals surface area (Å²) in [7, 11) is 0. The number of aryl methyl sites for hydroxylation is 2. The largest absolute Gasteiger partial charge is 0.356 e. The highest BCUT2D eigenvalue weighted by molar-refractivity contribution is 6.47. The Bertz CT molecular complexity index is 1520. The Kier molecular flexibility index (Phi) is 9.34. The summed E-state index contributed by atoms with van der Waals surface area (Å²) in [6.45, 7) is 18.9. The SMILES string of the molecule is C=C(C)c1ccc(NC(=C)c2cccc(/C(=C/C)N=C(Nc3ccc(CC)c(CC)c3)C3=NC=CC3C)c2)cc1. The van der Waals surface area contributed by atoms with Gasteiger partial charge in [-0.15, -0.1) is 0 Å². The molecule has 1 heterocycles. The van der Waals surface area contributed by atoms with Gasteiger partial charge in [-0.3, -0.25) is 4.99 Å². The molecule has 1 atom stereocenters. The summed E-state index contributed by atoms with van der Waals surface area (Å²) in [5.41, 5.74) is 11.5. The summed E-state index contributed by atoms with van der Waals surface area (Å²) < 4.78 is 0. The van der Waals surface area contributed by atoms with Crippen LogP contribution in [0.4, 0.5) is 11.4 Å². The van der Waals surface area contributed by atoms with E-state index in [-0.39, 0.29) is 5.92 Å². The second-order valence-electron chi connectivity index (χ2n) is 10.1. The van der Waals surface area contributed by atoms with Crippen LogP contribution in [0, 0.1) is 5.92 Å². The van der Waals surface area contributed by atoms with Gasteiger partial charge in [-0.2, -0.15) is 0 Å². The van der Waals surface area contributed by atoms with Gasteiger partial charge in [0.25, 0.3) is 0 Å². The highest BCUT2D eigenvalue weighted by Gasteiger charge is 2.19. The summed E-state index contributed by atoms with van der Waals surface area (Å²) in [6.07, 6.45) is 8.02. The van der Waals surface area contributed by atoms with Crippen LogP contribution in [-0.4, -0.2) is 11.5 Å². The average Bonchev–Trinajstić information content (AvgIpc) is 3.41. The summed E-state index contributed by atoms with van der Waals surface area (Å²) in [4.78, 5) is 9.80. The maximum absolute atomic E-state index is 5.14. The first-order chi connectivity index (χ1) is 19.3. The third kappa shape index (κ3) is 6.76. The molecule has 0 saturated carbocycles. The van der Waals surface area contributed by atoms with E-state index in [1.165, 1.54) is 11.1 Å². The molecule has 1 aliphatic rings. The maximum atomic E-state index is 5.14. The number of nitrogens with zero attached hydrogens (tertiary/aromatic N) is 2. The molecule has 3 aromatic carbocycles. The highest BCUT2D eigenvalue weighted by Crippen LogP contribution is 2.25. The van der Waals surface area contributed by atoms with Gasteiger partial charge in [0, 0.05) is 34.8 Å². The highest BCUT2D eigenvalue weighted by atomic mass is 15.0. The number of rotatable bonds is 10. The fraction of sp³-hybridized carbons (Fsp3) is 0.222. The molecule has 0 saturated heterocycles. The van der Waals surface area contributed by atoms with E-state index in [0.717, 1.165) is 69.4 Å². The molecule has 4 rings (SSSR count). The minimum atomic E-state index is 0.177. The van der Waals surface area contributed by atoms with Crippen LogP contribution < -0.4 is 10.6 Å². The monoisotopic (exact) mass is 528 g/mol. The van der Waals surface area contributed by atoms with Crippen LogP contribution in [0.15, 0.2) is 108 Å². The zero-order chi connectivity index (χ0) is 28.6. The van der Waals surface area contributed by atoms with Crippen LogP contribution in [0.2, 0.25) is 0 Å². The van der Waals surface area contributed by atoms with Crippen molar-refractivity contribution >= 4 is 39.9 Å². The molecule has 0 radical (unpaired) electrons. The van der Waals surface area contributed by atoms with E-state index in [1.807, 2.05) is 44.3 Å². The van der Waals surface area contributed by atoms with Gasteiger partial charge in [0.2, 0.25) is 0 Å². The Balaban J connectivity index is 1.62. The van der Waals surface area contributed by atoms with Gasteiger partial charge in [-0.05, 0) is 79.3 Å². The lowest BCUT2D eigenvalue weighted by atomic mass is 10.0. The van der Waals surface area contributed by atoms with Crippen LogP contribution in [0.5, 0.6) is 0 Å². The van der Waals surface area contributed by atoms with Crippen molar-refractivity contribution in [3.63, 3.8) is 0 Å². The molecule has 40 heavy (non-hydrogen) atoms. The number of hydrogen-bond donors (Lipinski definition) is 2. The second kappa shape index (κ2) is 13.1. The molecule has 0 bridgehead atoms. The second-order valence-corrected chi connectivity index (χ2v) is 10.1. The van der Waals surface area contributed by atoms with E-state index in [2.05, 4.69) is 104 Å². The molecular weight excluding hydrogens is 488 g/mol. The summed E-state index contributed by atoms with van der Waals surface area (Å²) in [6, 6.07) is 23.1. The lowest BCUT2D eigenvalue weighted by Gasteiger charge is -2.17. The third-order valence-electron chi connectivity index (χ3n) is 7.18. The average molecular weight is 529 g/mol. The van der Waals surface area contributed by atoms with Crippen LogP contribution >= 0.6 is 0 Å². The number of benzene rings is 3. The van der Waals surface area contributed by atoms with Crippen molar-refractivity contribution in [2.45, 2.75) is 47.5 Å². The van der Waals surface area contributed by atoms with E-state index in [0.29, 0.717) is 0 Å². The van der Waals surface area contributed by atoms with Gasteiger partial charge in [-0.25, -0.2) is 4.99 Å². The van der Waals surface area contributed by atoms with E-state index >= 15 is 0 Å². The van der Waals surface area contributed by atoms with E-state index in [9.17, 15) is 0 Å². The van der Waals surface area contributed by atoms with Crippen LogP contribution in [0.25, 0.3) is 17.0 Å². The molecule has 0 spiro atoms. The molecule has 2 N–H and O–H groups in total. The van der Waals surface area contributed by atoms with Gasteiger partial charge in [0.15, 0.2) is 5.84 Å². The number of nitrogens with one attached hydrogen (secondary N) is 2. The molecule has 1 aliphatic heterocycles. The van der Waals surface area contributed by atoms with Crippen molar-refractivity contribution in [3.05, 3.63) is 126 Å². The van der Waals surface area contributed by atoms with Gasteiger partial charge in [0.05, 0.1) is 11.4 Å².